The maximum atomic E-state index is 5.13. The van der Waals surface area contributed by atoms with Crippen LogP contribution < -0.4 is 0 Å². The van der Waals surface area contributed by atoms with Crippen molar-refractivity contribution in [3.8, 4) is 0 Å². The van der Waals surface area contributed by atoms with E-state index in [1.54, 1.807) is 6.21 Å². The van der Waals surface area contributed by atoms with Crippen molar-refractivity contribution >= 4 is 30.7 Å². The van der Waals surface area contributed by atoms with Crippen molar-refractivity contribution in [3.05, 3.63) is 61.9 Å². The Balaban J connectivity index is 1.90. The predicted molar refractivity (Wildman–Crippen MR) is 99.8 cm³/mol. The highest BCUT2D eigenvalue weighted by molar-refractivity contribution is 7.72. The zero-order valence-corrected chi connectivity index (χ0v) is 15.3. The van der Waals surface area contributed by atoms with Crippen LogP contribution in [0.5, 0.6) is 0 Å². The highest BCUT2D eigenvalue weighted by atomic mass is 32.1. The maximum absolute atomic E-state index is 5.13. The molecule has 0 atom stereocenters. The molecule has 3 aromatic rings. The molecule has 2 heterocycles. The minimum atomic E-state index is 0.429. The van der Waals surface area contributed by atoms with Crippen LogP contribution >= 0.6 is 24.4 Å². The Morgan fingerprint density at radius 3 is 2.33 bits per heavy atom. The van der Waals surface area contributed by atoms with E-state index in [1.165, 1.54) is 15.8 Å². The van der Waals surface area contributed by atoms with E-state index in [2.05, 4.69) is 51.6 Å². The van der Waals surface area contributed by atoms with Crippen LogP contribution in [0, 0.1) is 30.3 Å². The number of benzene rings is 1. The Hall–Kier alpha value is -2.32. The lowest BCUT2D eigenvalue weighted by molar-refractivity contribution is 0.659. The largest absolute Gasteiger partial charge is 0.273 e. The lowest BCUT2D eigenvalue weighted by Crippen LogP contribution is -2.04. The van der Waals surface area contributed by atoms with Crippen LogP contribution in [-0.2, 0) is 6.54 Å². The molecule has 0 aliphatic heterocycles. The third kappa shape index (κ3) is 3.29. The molecule has 0 bridgehead atoms. The Labute approximate surface area is 149 Å². The number of nitrogens with zero attached hydrogens (tertiary/aromatic N) is 4. The molecule has 3 rings (SSSR count). The highest BCUT2D eigenvalue weighted by Gasteiger charge is 2.10. The summed E-state index contributed by atoms with van der Waals surface area (Å²) in [5, 5.41) is 14.5. The zero-order valence-electron chi connectivity index (χ0n) is 13.7. The van der Waals surface area contributed by atoms with Crippen molar-refractivity contribution in [1.29, 1.82) is 0 Å². The van der Waals surface area contributed by atoms with Crippen molar-refractivity contribution in [2.45, 2.75) is 27.3 Å². The molecule has 6 nitrogen and oxygen atoms in total. The second-order valence-electron chi connectivity index (χ2n) is 5.64. The van der Waals surface area contributed by atoms with Gasteiger partial charge >= 0.3 is 0 Å². The predicted octanol–water partition coefficient (Wildman–Crippen LogP) is 3.66. The SMILES string of the molecule is Cc1ccc(Cn2nc(C)c(/C=N\n3c(=S)[nH][nH]c3=S)c2C)cc1. The molecule has 0 fully saturated rings. The first-order valence-corrected chi connectivity index (χ1v) is 8.31. The summed E-state index contributed by atoms with van der Waals surface area (Å²) in [5.41, 5.74) is 5.40. The highest BCUT2D eigenvalue weighted by Crippen LogP contribution is 2.13. The van der Waals surface area contributed by atoms with Gasteiger partial charge in [0.1, 0.15) is 0 Å². The molecular formula is C16H18N6S2. The number of nitrogens with one attached hydrogen (secondary N) is 2. The van der Waals surface area contributed by atoms with Crippen molar-refractivity contribution in [1.82, 2.24) is 24.7 Å². The van der Waals surface area contributed by atoms with Gasteiger partial charge in [-0.2, -0.15) is 14.9 Å². The normalized spacial score (nSPS) is 11.5. The van der Waals surface area contributed by atoms with Crippen molar-refractivity contribution in [3.63, 3.8) is 0 Å². The van der Waals surface area contributed by atoms with Gasteiger partial charge < -0.3 is 0 Å². The zero-order chi connectivity index (χ0) is 17.3. The van der Waals surface area contributed by atoms with E-state index in [-0.39, 0.29) is 0 Å². The molecule has 0 amide bonds. The molecule has 8 heteroatoms. The number of aromatic amines is 2. The summed E-state index contributed by atoms with van der Waals surface area (Å²) in [4.78, 5) is 0. The lowest BCUT2D eigenvalue weighted by Gasteiger charge is -2.05. The minimum Gasteiger partial charge on any atom is -0.273 e. The quantitative estimate of drug-likeness (QED) is 0.552. The van der Waals surface area contributed by atoms with Crippen molar-refractivity contribution in [2.75, 3.05) is 0 Å². The van der Waals surface area contributed by atoms with Gasteiger partial charge in [0.2, 0.25) is 9.54 Å². The average Bonchev–Trinajstić information content (AvgIpc) is 3.00. The molecular weight excluding hydrogens is 340 g/mol. The van der Waals surface area contributed by atoms with Gasteiger partial charge in [0.15, 0.2) is 0 Å². The van der Waals surface area contributed by atoms with E-state index in [4.69, 9.17) is 24.4 Å². The smallest absolute Gasteiger partial charge is 0.215 e. The molecule has 0 spiro atoms. The molecule has 0 aliphatic rings. The molecule has 24 heavy (non-hydrogen) atoms. The van der Waals surface area contributed by atoms with Gasteiger partial charge in [0, 0.05) is 11.3 Å². The molecule has 0 unspecified atom stereocenters. The van der Waals surface area contributed by atoms with Crippen molar-refractivity contribution in [2.24, 2.45) is 5.10 Å². The molecule has 0 radical (unpaired) electrons. The average molecular weight is 358 g/mol. The molecule has 1 aromatic carbocycles. The van der Waals surface area contributed by atoms with Crippen LogP contribution in [0.3, 0.4) is 0 Å². The van der Waals surface area contributed by atoms with Gasteiger partial charge in [0.25, 0.3) is 0 Å². The summed E-state index contributed by atoms with van der Waals surface area (Å²) in [5.74, 6) is 0. The van der Waals surface area contributed by atoms with E-state index < -0.39 is 0 Å². The minimum absolute atomic E-state index is 0.429. The summed E-state index contributed by atoms with van der Waals surface area (Å²) in [6.45, 7) is 6.81. The van der Waals surface area contributed by atoms with E-state index in [9.17, 15) is 0 Å². The molecule has 124 valence electrons. The Bertz CT molecular complexity index is 973. The summed E-state index contributed by atoms with van der Waals surface area (Å²) in [6.07, 6.45) is 1.75. The van der Waals surface area contributed by atoms with Crippen LogP contribution in [0.15, 0.2) is 29.4 Å². The summed E-state index contributed by atoms with van der Waals surface area (Å²) < 4.78 is 4.32. The van der Waals surface area contributed by atoms with E-state index in [0.717, 1.165) is 23.5 Å². The monoisotopic (exact) mass is 358 g/mol. The number of rotatable bonds is 4. The Kier molecular flexibility index (Phi) is 4.59. The van der Waals surface area contributed by atoms with Gasteiger partial charge in [-0.1, -0.05) is 29.8 Å². The number of hydrogen-bond acceptors (Lipinski definition) is 4. The number of H-pyrrole nitrogens is 2. The second-order valence-corrected chi connectivity index (χ2v) is 6.42. The standard InChI is InChI=1S/C16H18N6S2/c1-10-4-6-13(7-5-10)9-21-12(3)14(11(2)20-21)8-17-22-15(23)18-19-16(22)24/h4-8H,9H2,1-3H3,(H,18,23)(H,19,24)/b17-8-. The van der Waals surface area contributed by atoms with Gasteiger partial charge in [0.05, 0.1) is 18.5 Å². The number of hydrogen-bond donors (Lipinski definition) is 2. The fourth-order valence-electron chi connectivity index (χ4n) is 2.44. The first kappa shape index (κ1) is 16.5. The van der Waals surface area contributed by atoms with E-state index in [1.807, 2.05) is 18.5 Å². The van der Waals surface area contributed by atoms with Crippen LogP contribution in [0.4, 0.5) is 0 Å². The first-order chi connectivity index (χ1) is 11.5. The van der Waals surface area contributed by atoms with Crippen LogP contribution in [0.25, 0.3) is 0 Å². The topological polar surface area (TPSA) is 66.7 Å². The van der Waals surface area contributed by atoms with Gasteiger partial charge in [-0.3, -0.25) is 14.9 Å². The van der Waals surface area contributed by atoms with Gasteiger partial charge in [-0.05, 0) is 50.8 Å². The summed E-state index contributed by atoms with van der Waals surface area (Å²) >= 11 is 10.3. The molecule has 2 N–H and O–H groups in total. The lowest BCUT2D eigenvalue weighted by atomic mass is 10.1. The first-order valence-electron chi connectivity index (χ1n) is 7.49. The number of aromatic nitrogens is 5. The van der Waals surface area contributed by atoms with E-state index in [0.29, 0.717) is 9.54 Å². The van der Waals surface area contributed by atoms with Gasteiger partial charge in [-0.15, -0.1) is 0 Å². The fourth-order valence-corrected chi connectivity index (χ4v) is 2.88. The molecule has 2 aromatic heterocycles. The molecule has 0 saturated heterocycles. The molecule has 0 aliphatic carbocycles. The number of aryl methyl sites for hydroxylation is 2. The summed E-state index contributed by atoms with van der Waals surface area (Å²) in [6, 6.07) is 8.47. The maximum Gasteiger partial charge on any atom is 0.215 e. The van der Waals surface area contributed by atoms with Crippen LogP contribution in [0.1, 0.15) is 28.1 Å². The Morgan fingerprint density at radius 2 is 1.71 bits per heavy atom. The second kappa shape index (κ2) is 6.66. The van der Waals surface area contributed by atoms with E-state index >= 15 is 0 Å². The van der Waals surface area contributed by atoms with Crippen LogP contribution in [0.2, 0.25) is 0 Å². The van der Waals surface area contributed by atoms with Crippen LogP contribution in [-0.4, -0.2) is 30.9 Å². The van der Waals surface area contributed by atoms with Gasteiger partial charge in [-0.25, -0.2) is 0 Å². The Morgan fingerprint density at radius 1 is 1.08 bits per heavy atom. The third-order valence-electron chi connectivity index (χ3n) is 3.85. The summed E-state index contributed by atoms with van der Waals surface area (Å²) in [7, 11) is 0. The molecule has 0 saturated carbocycles. The van der Waals surface area contributed by atoms with Crippen molar-refractivity contribution < 1.29 is 0 Å². The fraction of sp³-hybridized carbons (Fsp3) is 0.250. The third-order valence-corrected chi connectivity index (χ3v) is 4.40.